The maximum atomic E-state index is 13.4. The van der Waals surface area contributed by atoms with Crippen LogP contribution in [-0.4, -0.2) is 11.9 Å². The van der Waals surface area contributed by atoms with Gasteiger partial charge in [-0.25, -0.2) is 4.39 Å². The average molecular weight is 388 g/mol. The van der Waals surface area contributed by atoms with E-state index in [1.807, 2.05) is 41.3 Å². The second kappa shape index (κ2) is 8.08. The Kier molecular flexibility index (Phi) is 5.34. The average Bonchev–Trinajstić information content (AvgIpc) is 2.76. The molecular weight excluding hydrogens is 363 g/mol. The van der Waals surface area contributed by atoms with Crippen LogP contribution in [0.2, 0.25) is 0 Å². The first-order chi connectivity index (χ1) is 14.1. The Morgan fingerprint density at radius 1 is 0.966 bits per heavy atom. The summed E-state index contributed by atoms with van der Waals surface area (Å²) in [4.78, 5) is 15.3. The van der Waals surface area contributed by atoms with E-state index in [0.29, 0.717) is 5.56 Å². The van der Waals surface area contributed by atoms with E-state index < -0.39 is 0 Å². The number of nitrogens with one attached hydrogen (secondary N) is 1. The fourth-order valence-electron chi connectivity index (χ4n) is 4.36. The van der Waals surface area contributed by atoms with Crippen molar-refractivity contribution in [3.05, 3.63) is 95.8 Å². The Hall–Kier alpha value is -3.14. The minimum absolute atomic E-state index is 0.0312. The highest BCUT2D eigenvalue weighted by atomic mass is 19.1. The Bertz CT molecular complexity index is 987. The third-order valence-corrected chi connectivity index (χ3v) is 5.82. The third-order valence-electron chi connectivity index (χ3n) is 5.82. The van der Waals surface area contributed by atoms with Gasteiger partial charge in [-0.1, -0.05) is 50.2 Å². The lowest BCUT2D eigenvalue weighted by molar-refractivity contribution is 0.0960. The molecule has 148 valence electrons. The second-order valence-electron chi connectivity index (χ2n) is 7.56. The normalized spacial score (nSPS) is 20.8. The van der Waals surface area contributed by atoms with Crippen molar-refractivity contribution in [2.75, 3.05) is 10.2 Å². The minimum Gasteiger partial charge on any atom is -0.378 e. The van der Waals surface area contributed by atoms with Crippen molar-refractivity contribution in [1.82, 2.24) is 0 Å². The molecule has 0 saturated heterocycles. The summed E-state index contributed by atoms with van der Waals surface area (Å²) in [5.41, 5.74) is 3.58. The molecule has 0 aromatic heterocycles. The Morgan fingerprint density at radius 2 is 1.62 bits per heavy atom. The number of fused-ring (bicyclic) bond motifs is 1. The standard InChI is InChI=1S/C25H25FN2O/c1-3-22-17(2)24(27-20-9-5-4-6-10-20)21-11-7-8-12-23(21)28(22)25(29)18-13-15-19(26)16-14-18/h4-17,22,24,27H,3H2,1-2H3. The van der Waals surface area contributed by atoms with Gasteiger partial charge in [-0.2, -0.15) is 0 Å². The number of halogens is 1. The fourth-order valence-corrected chi connectivity index (χ4v) is 4.36. The number of benzene rings is 3. The van der Waals surface area contributed by atoms with Crippen molar-refractivity contribution in [2.45, 2.75) is 32.4 Å². The number of amides is 1. The van der Waals surface area contributed by atoms with Crippen LogP contribution in [0.1, 0.15) is 42.2 Å². The van der Waals surface area contributed by atoms with Crippen LogP contribution in [0.25, 0.3) is 0 Å². The van der Waals surface area contributed by atoms with Crippen LogP contribution in [0.5, 0.6) is 0 Å². The summed E-state index contributed by atoms with van der Waals surface area (Å²) in [6.45, 7) is 4.30. The summed E-state index contributed by atoms with van der Waals surface area (Å²) in [5.74, 6) is -0.234. The molecule has 3 aromatic rings. The third kappa shape index (κ3) is 3.63. The van der Waals surface area contributed by atoms with Crippen LogP contribution in [0.3, 0.4) is 0 Å². The number of hydrogen-bond donors (Lipinski definition) is 1. The topological polar surface area (TPSA) is 32.3 Å². The molecule has 0 spiro atoms. The lowest BCUT2D eigenvalue weighted by Crippen LogP contribution is -2.50. The lowest BCUT2D eigenvalue weighted by Gasteiger charge is -2.45. The highest BCUT2D eigenvalue weighted by molar-refractivity contribution is 6.07. The number of rotatable bonds is 4. The molecule has 3 nitrogen and oxygen atoms in total. The van der Waals surface area contributed by atoms with E-state index in [0.717, 1.165) is 23.4 Å². The molecular formula is C25H25FN2O. The van der Waals surface area contributed by atoms with E-state index in [4.69, 9.17) is 0 Å². The maximum Gasteiger partial charge on any atom is 0.258 e. The smallest absolute Gasteiger partial charge is 0.258 e. The zero-order valence-corrected chi connectivity index (χ0v) is 16.7. The molecule has 3 atom stereocenters. The number of hydrogen-bond acceptors (Lipinski definition) is 2. The van der Waals surface area contributed by atoms with E-state index >= 15 is 0 Å². The monoisotopic (exact) mass is 388 g/mol. The first-order valence-electron chi connectivity index (χ1n) is 10.1. The highest BCUT2D eigenvalue weighted by Crippen LogP contribution is 2.43. The van der Waals surface area contributed by atoms with Gasteiger partial charge in [-0.3, -0.25) is 4.79 Å². The van der Waals surface area contributed by atoms with Crippen molar-refractivity contribution in [2.24, 2.45) is 5.92 Å². The lowest BCUT2D eigenvalue weighted by atomic mass is 9.80. The molecule has 0 fully saturated rings. The summed E-state index contributed by atoms with van der Waals surface area (Å²) in [6, 6.07) is 24.2. The highest BCUT2D eigenvalue weighted by Gasteiger charge is 2.40. The van der Waals surface area contributed by atoms with Crippen LogP contribution in [-0.2, 0) is 0 Å². The molecule has 4 heteroatoms. The molecule has 1 aliphatic rings. The van der Waals surface area contributed by atoms with Crippen LogP contribution in [0.4, 0.5) is 15.8 Å². The maximum absolute atomic E-state index is 13.4. The largest absolute Gasteiger partial charge is 0.378 e. The molecule has 0 saturated carbocycles. The van der Waals surface area contributed by atoms with E-state index in [1.165, 1.54) is 12.1 Å². The molecule has 29 heavy (non-hydrogen) atoms. The van der Waals surface area contributed by atoms with E-state index in [2.05, 4.69) is 37.4 Å². The predicted octanol–water partition coefficient (Wildman–Crippen LogP) is 6.05. The van der Waals surface area contributed by atoms with Gasteiger partial charge in [0.15, 0.2) is 0 Å². The number of para-hydroxylation sites is 2. The van der Waals surface area contributed by atoms with Crippen molar-refractivity contribution in [3.8, 4) is 0 Å². The van der Waals surface area contributed by atoms with Crippen molar-refractivity contribution in [3.63, 3.8) is 0 Å². The Labute approximate surface area is 171 Å². The van der Waals surface area contributed by atoms with Gasteiger partial charge in [0.1, 0.15) is 5.82 Å². The summed E-state index contributed by atoms with van der Waals surface area (Å²) >= 11 is 0. The van der Waals surface area contributed by atoms with Crippen molar-refractivity contribution >= 4 is 17.3 Å². The second-order valence-corrected chi connectivity index (χ2v) is 7.56. The summed E-state index contributed by atoms with van der Waals surface area (Å²) < 4.78 is 13.4. The van der Waals surface area contributed by atoms with Gasteiger partial charge in [0, 0.05) is 28.9 Å². The number of carbonyl (C=O) groups excluding carboxylic acids is 1. The molecule has 1 heterocycles. The molecule has 0 radical (unpaired) electrons. The van der Waals surface area contributed by atoms with Gasteiger partial charge >= 0.3 is 0 Å². The van der Waals surface area contributed by atoms with Gasteiger partial charge in [-0.15, -0.1) is 0 Å². The van der Waals surface area contributed by atoms with Crippen LogP contribution < -0.4 is 10.2 Å². The molecule has 3 unspecified atom stereocenters. The molecule has 0 aliphatic carbocycles. The summed E-state index contributed by atoms with van der Waals surface area (Å²) in [5, 5.41) is 3.67. The zero-order chi connectivity index (χ0) is 20.4. The molecule has 0 bridgehead atoms. The SMILES string of the molecule is CCC1C(C)C(Nc2ccccc2)c2ccccc2N1C(=O)c1ccc(F)cc1. The predicted molar refractivity (Wildman–Crippen MR) is 116 cm³/mol. The Balaban J connectivity index is 1.76. The first-order valence-corrected chi connectivity index (χ1v) is 10.1. The first kappa shape index (κ1) is 19.2. The molecule has 1 amide bonds. The van der Waals surface area contributed by atoms with Crippen LogP contribution in [0, 0.1) is 11.7 Å². The fraction of sp³-hybridized carbons (Fsp3) is 0.240. The van der Waals surface area contributed by atoms with Gasteiger partial charge in [-0.05, 0) is 54.4 Å². The summed E-state index contributed by atoms with van der Waals surface area (Å²) in [7, 11) is 0. The summed E-state index contributed by atoms with van der Waals surface area (Å²) in [6.07, 6.45) is 0.829. The number of carbonyl (C=O) groups is 1. The quantitative estimate of drug-likeness (QED) is 0.590. The number of anilines is 2. The Morgan fingerprint density at radius 3 is 2.31 bits per heavy atom. The van der Waals surface area contributed by atoms with Gasteiger partial charge < -0.3 is 10.2 Å². The van der Waals surface area contributed by atoms with Gasteiger partial charge in [0.05, 0.1) is 6.04 Å². The van der Waals surface area contributed by atoms with Crippen molar-refractivity contribution < 1.29 is 9.18 Å². The molecule has 1 aliphatic heterocycles. The molecule has 3 aromatic carbocycles. The van der Waals surface area contributed by atoms with Crippen molar-refractivity contribution in [1.29, 1.82) is 0 Å². The molecule has 1 N–H and O–H groups in total. The van der Waals surface area contributed by atoms with Gasteiger partial charge in [0.2, 0.25) is 0 Å². The van der Waals surface area contributed by atoms with E-state index in [-0.39, 0.29) is 29.7 Å². The zero-order valence-electron chi connectivity index (χ0n) is 16.7. The van der Waals surface area contributed by atoms with Crippen LogP contribution in [0.15, 0.2) is 78.9 Å². The van der Waals surface area contributed by atoms with Gasteiger partial charge in [0.25, 0.3) is 5.91 Å². The minimum atomic E-state index is -0.340. The molecule has 4 rings (SSSR count). The van der Waals surface area contributed by atoms with E-state index in [1.54, 1.807) is 12.1 Å². The van der Waals surface area contributed by atoms with Crippen LogP contribution >= 0.6 is 0 Å². The van der Waals surface area contributed by atoms with E-state index in [9.17, 15) is 9.18 Å². The number of nitrogens with zero attached hydrogens (tertiary/aromatic N) is 1.